The van der Waals surface area contributed by atoms with Crippen LogP contribution in [0.1, 0.15) is 11.4 Å². The van der Waals surface area contributed by atoms with Gasteiger partial charge in [-0.25, -0.2) is 19.5 Å². The molecule has 0 aliphatic rings. The second kappa shape index (κ2) is 5.45. The highest BCUT2D eigenvalue weighted by molar-refractivity contribution is 5.63. The molecule has 0 aliphatic heterocycles. The minimum absolute atomic E-state index is 0.566. The van der Waals surface area contributed by atoms with Crippen LogP contribution in [0.5, 0.6) is 0 Å². The quantitative estimate of drug-likeness (QED) is 0.493. The molecule has 0 spiro atoms. The van der Waals surface area contributed by atoms with Crippen LogP contribution in [-0.4, -0.2) is 34.0 Å². The Bertz CT molecular complexity index is 1210. The number of benzene rings is 1. The predicted molar refractivity (Wildman–Crippen MR) is 97.7 cm³/mol. The zero-order valence-corrected chi connectivity index (χ0v) is 14.3. The van der Waals surface area contributed by atoms with Crippen molar-refractivity contribution in [2.24, 2.45) is 0 Å². The Labute approximate surface area is 149 Å². The summed E-state index contributed by atoms with van der Waals surface area (Å²) in [5, 5.41) is 4.58. The summed E-state index contributed by atoms with van der Waals surface area (Å²) < 4.78 is 3.70. The summed E-state index contributed by atoms with van der Waals surface area (Å²) in [6, 6.07) is 11.9. The molecular formula is C19H15N7. The standard InChI is InChI=1S/C19H15N7/c1-12-10-20-13(2)18-23-17(24-26(12)18)15-8-9-25-11-16(22-19(25)21-15)14-6-4-3-5-7-14/h3-11H,1-2H3. The van der Waals surface area contributed by atoms with Gasteiger partial charge >= 0.3 is 0 Å². The monoisotopic (exact) mass is 341 g/mol. The number of nitrogens with zero attached hydrogens (tertiary/aromatic N) is 7. The minimum atomic E-state index is 0.566. The number of fused-ring (bicyclic) bond motifs is 2. The number of rotatable bonds is 2. The van der Waals surface area contributed by atoms with Crippen molar-refractivity contribution in [2.75, 3.05) is 0 Å². The van der Waals surface area contributed by atoms with E-state index in [2.05, 4.69) is 25.0 Å². The van der Waals surface area contributed by atoms with Crippen LogP contribution in [0.3, 0.4) is 0 Å². The van der Waals surface area contributed by atoms with Gasteiger partial charge in [0.1, 0.15) is 5.69 Å². The third kappa shape index (κ3) is 2.25. The molecule has 0 N–H and O–H groups in total. The van der Waals surface area contributed by atoms with E-state index in [1.54, 1.807) is 10.7 Å². The van der Waals surface area contributed by atoms with Crippen LogP contribution < -0.4 is 0 Å². The van der Waals surface area contributed by atoms with Crippen LogP contribution in [0.4, 0.5) is 0 Å². The summed E-state index contributed by atoms with van der Waals surface area (Å²) in [5.41, 5.74) is 5.14. The number of imidazole rings is 1. The molecule has 0 atom stereocenters. The highest BCUT2D eigenvalue weighted by Crippen LogP contribution is 2.20. The second-order valence-corrected chi connectivity index (χ2v) is 6.17. The van der Waals surface area contributed by atoms with Crippen LogP contribution in [0, 0.1) is 13.8 Å². The molecule has 7 nitrogen and oxygen atoms in total. The SMILES string of the molecule is Cc1ncc(C)n2nc(-c3ccn4cc(-c5ccccc5)nc4n3)nc12. The van der Waals surface area contributed by atoms with E-state index in [1.165, 1.54) is 0 Å². The lowest BCUT2D eigenvalue weighted by Gasteiger charge is -1.97. The number of hydrogen-bond donors (Lipinski definition) is 0. The summed E-state index contributed by atoms with van der Waals surface area (Å²) in [7, 11) is 0. The molecule has 0 saturated heterocycles. The van der Waals surface area contributed by atoms with Gasteiger partial charge in [0.2, 0.25) is 11.6 Å². The van der Waals surface area contributed by atoms with Gasteiger partial charge in [0.25, 0.3) is 0 Å². The highest BCUT2D eigenvalue weighted by atomic mass is 15.3. The lowest BCUT2D eigenvalue weighted by Crippen LogP contribution is -1.97. The van der Waals surface area contributed by atoms with E-state index >= 15 is 0 Å². The topological polar surface area (TPSA) is 73.3 Å². The Balaban J connectivity index is 1.64. The van der Waals surface area contributed by atoms with Gasteiger partial charge in [0, 0.05) is 24.2 Å². The first-order valence-corrected chi connectivity index (χ1v) is 8.29. The van der Waals surface area contributed by atoms with E-state index in [1.807, 2.05) is 67.0 Å². The van der Waals surface area contributed by atoms with Crippen molar-refractivity contribution in [3.63, 3.8) is 0 Å². The van der Waals surface area contributed by atoms with E-state index in [4.69, 9.17) is 0 Å². The van der Waals surface area contributed by atoms with E-state index < -0.39 is 0 Å². The van der Waals surface area contributed by atoms with Gasteiger partial charge in [-0.15, -0.1) is 5.10 Å². The summed E-state index contributed by atoms with van der Waals surface area (Å²) in [6.07, 6.45) is 5.69. The van der Waals surface area contributed by atoms with Crippen molar-refractivity contribution in [1.29, 1.82) is 0 Å². The molecule has 5 rings (SSSR count). The lowest BCUT2D eigenvalue weighted by molar-refractivity contribution is 0.889. The van der Waals surface area contributed by atoms with Gasteiger partial charge in [0.05, 0.1) is 17.1 Å². The first-order chi connectivity index (χ1) is 12.7. The zero-order chi connectivity index (χ0) is 17.7. The summed E-state index contributed by atoms with van der Waals surface area (Å²) in [6.45, 7) is 3.87. The molecule has 4 heterocycles. The van der Waals surface area contributed by atoms with Crippen LogP contribution in [0.2, 0.25) is 0 Å². The van der Waals surface area contributed by atoms with Crippen LogP contribution >= 0.6 is 0 Å². The summed E-state index contributed by atoms with van der Waals surface area (Å²) in [4.78, 5) is 18.2. The molecule has 5 aromatic rings. The Morgan fingerprint density at radius 1 is 0.885 bits per heavy atom. The van der Waals surface area contributed by atoms with Crippen molar-refractivity contribution in [2.45, 2.75) is 13.8 Å². The highest BCUT2D eigenvalue weighted by Gasteiger charge is 2.13. The van der Waals surface area contributed by atoms with Crippen molar-refractivity contribution < 1.29 is 0 Å². The molecule has 0 amide bonds. The lowest BCUT2D eigenvalue weighted by atomic mass is 10.2. The Morgan fingerprint density at radius 2 is 1.69 bits per heavy atom. The van der Waals surface area contributed by atoms with Crippen molar-refractivity contribution in [3.05, 3.63) is 66.4 Å². The molecule has 0 aliphatic carbocycles. The molecule has 1 aromatic carbocycles. The Kier molecular flexibility index (Phi) is 3.08. The summed E-state index contributed by atoms with van der Waals surface area (Å²) in [5.74, 6) is 1.18. The largest absolute Gasteiger partial charge is 0.290 e. The average molecular weight is 341 g/mol. The molecule has 126 valence electrons. The third-order valence-electron chi connectivity index (χ3n) is 4.33. The fourth-order valence-corrected chi connectivity index (χ4v) is 2.95. The smallest absolute Gasteiger partial charge is 0.234 e. The first-order valence-electron chi connectivity index (χ1n) is 8.29. The maximum Gasteiger partial charge on any atom is 0.234 e. The maximum absolute atomic E-state index is 4.64. The van der Waals surface area contributed by atoms with Gasteiger partial charge in [-0.2, -0.15) is 0 Å². The maximum atomic E-state index is 4.64. The molecule has 7 heteroatoms. The Hall–Kier alpha value is -3.61. The number of aromatic nitrogens is 7. The second-order valence-electron chi connectivity index (χ2n) is 6.17. The third-order valence-corrected chi connectivity index (χ3v) is 4.33. The molecule has 0 saturated carbocycles. The number of hydrogen-bond acceptors (Lipinski definition) is 5. The van der Waals surface area contributed by atoms with Gasteiger partial charge in [0.15, 0.2) is 5.65 Å². The summed E-state index contributed by atoms with van der Waals surface area (Å²) >= 11 is 0. The molecule has 0 unspecified atom stereocenters. The van der Waals surface area contributed by atoms with Gasteiger partial charge in [-0.05, 0) is 19.9 Å². The number of aryl methyl sites for hydroxylation is 2. The van der Waals surface area contributed by atoms with Crippen molar-refractivity contribution in [1.82, 2.24) is 34.0 Å². The van der Waals surface area contributed by atoms with Crippen LogP contribution in [-0.2, 0) is 0 Å². The van der Waals surface area contributed by atoms with Gasteiger partial charge < -0.3 is 0 Å². The molecule has 0 fully saturated rings. The van der Waals surface area contributed by atoms with E-state index in [0.29, 0.717) is 17.3 Å². The van der Waals surface area contributed by atoms with Gasteiger partial charge in [-0.3, -0.25) is 9.38 Å². The zero-order valence-electron chi connectivity index (χ0n) is 14.3. The molecular weight excluding hydrogens is 326 g/mol. The van der Waals surface area contributed by atoms with Gasteiger partial charge in [-0.1, -0.05) is 30.3 Å². The normalized spacial score (nSPS) is 11.5. The predicted octanol–water partition coefficient (Wildman–Crippen LogP) is 3.12. The van der Waals surface area contributed by atoms with Crippen molar-refractivity contribution >= 4 is 11.4 Å². The molecule has 26 heavy (non-hydrogen) atoms. The van der Waals surface area contributed by atoms with E-state index in [0.717, 1.165) is 28.3 Å². The molecule has 0 bridgehead atoms. The first kappa shape index (κ1) is 14.7. The van der Waals surface area contributed by atoms with E-state index in [-0.39, 0.29) is 0 Å². The van der Waals surface area contributed by atoms with Crippen LogP contribution in [0.25, 0.3) is 34.2 Å². The average Bonchev–Trinajstić information content (AvgIpc) is 3.30. The Morgan fingerprint density at radius 3 is 2.50 bits per heavy atom. The minimum Gasteiger partial charge on any atom is -0.290 e. The fourth-order valence-electron chi connectivity index (χ4n) is 2.95. The van der Waals surface area contributed by atoms with E-state index in [9.17, 15) is 0 Å². The van der Waals surface area contributed by atoms with Crippen LogP contribution in [0.15, 0.2) is 55.0 Å². The molecule has 4 aromatic heterocycles. The fraction of sp³-hybridized carbons (Fsp3) is 0.105. The van der Waals surface area contributed by atoms with Crippen molar-refractivity contribution in [3.8, 4) is 22.8 Å². The molecule has 0 radical (unpaired) electrons.